The van der Waals surface area contributed by atoms with Gasteiger partial charge in [-0.15, -0.1) is 0 Å². The van der Waals surface area contributed by atoms with Gasteiger partial charge in [0.25, 0.3) is 5.91 Å². The maximum atomic E-state index is 12.9. The van der Waals surface area contributed by atoms with Crippen LogP contribution in [0.2, 0.25) is 0 Å². The zero-order chi connectivity index (χ0) is 14.8. The fraction of sp³-hybridized carbons (Fsp3) is 0.250. The van der Waals surface area contributed by atoms with Crippen molar-refractivity contribution in [2.45, 2.75) is 18.9 Å². The van der Waals surface area contributed by atoms with Gasteiger partial charge >= 0.3 is 0 Å². The van der Waals surface area contributed by atoms with Crippen molar-refractivity contribution in [1.82, 2.24) is 9.88 Å². The van der Waals surface area contributed by atoms with Crippen molar-refractivity contribution >= 4 is 44.4 Å². The van der Waals surface area contributed by atoms with Gasteiger partial charge in [-0.25, -0.2) is 0 Å². The molecule has 1 aromatic heterocycles. The number of hydrogen-bond acceptors (Lipinski definition) is 2. The fourth-order valence-corrected chi connectivity index (χ4v) is 3.65. The third-order valence-corrected chi connectivity index (χ3v) is 5.10. The second kappa shape index (κ2) is 6.44. The normalized spacial score (nSPS) is 18.0. The number of rotatable bonds is 2. The molecule has 21 heavy (non-hydrogen) atoms. The van der Waals surface area contributed by atoms with E-state index in [1.807, 2.05) is 41.4 Å². The van der Waals surface area contributed by atoms with Crippen LogP contribution in [0, 0.1) is 3.57 Å². The Kier molecular flexibility index (Phi) is 4.59. The van der Waals surface area contributed by atoms with Gasteiger partial charge in [0.2, 0.25) is 0 Å². The molecule has 5 heteroatoms. The Hall–Kier alpha value is -0.950. The predicted octanol–water partition coefficient (Wildman–Crippen LogP) is 4.43. The van der Waals surface area contributed by atoms with Crippen LogP contribution in [-0.2, 0) is 0 Å². The molecule has 2 heterocycles. The number of carbonyl (C=O) groups is 1. The molecule has 1 atom stereocenters. The molecule has 108 valence electrons. The maximum absolute atomic E-state index is 12.9. The van der Waals surface area contributed by atoms with Gasteiger partial charge in [0, 0.05) is 27.0 Å². The van der Waals surface area contributed by atoms with Crippen molar-refractivity contribution in [3.05, 3.63) is 61.9 Å². The van der Waals surface area contributed by atoms with Crippen molar-refractivity contribution in [2.24, 2.45) is 0 Å². The van der Waals surface area contributed by atoms with Gasteiger partial charge in [-0.05, 0) is 81.2 Å². The summed E-state index contributed by atoms with van der Waals surface area (Å²) < 4.78 is 1.92. The highest BCUT2D eigenvalue weighted by molar-refractivity contribution is 14.1. The monoisotopic (exact) mass is 456 g/mol. The highest BCUT2D eigenvalue weighted by Crippen LogP contribution is 2.34. The van der Waals surface area contributed by atoms with Crippen LogP contribution in [0.1, 0.15) is 34.8 Å². The van der Waals surface area contributed by atoms with E-state index in [0.717, 1.165) is 38.6 Å². The Morgan fingerprint density at radius 1 is 1.38 bits per heavy atom. The molecule has 1 amide bonds. The molecule has 1 unspecified atom stereocenters. The first-order valence-electron chi connectivity index (χ1n) is 6.83. The number of benzene rings is 1. The molecule has 1 fully saturated rings. The minimum absolute atomic E-state index is 0.0896. The average Bonchev–Trinajstić information content (AvgIpc) is 2.99. The molecule has 3 rings (SSSR count). The van der Waals surface area contributed by atoms with Gasteiger partial charge in [0.05, 0.1) is 11.6 Å². The quantitative estimate of drug-likeness (QED) is 0.626. The molecule has 0 saturated carbocycles. The van der Waals surface area contributed by atoms with E-state index in [1.165, 1.54) is 0 Å². The van der Waals surface area contributed by atoms with E-state index in [9.17, 15) is 4.79 Å². The number of aromatic nitrogens is 1. The van der Waals surface area contributed by atoms with Crippen LogP contribution in [0.4, 0.5) is 0 Å². The van der Waals surface area contributed by atoms with Gasteiger partial charge in [-0.3, -0.25) is 9.78 Å². The van der Waals surface area contributed by atoms with Gasteiger partial charge in [-0.2, -0.15) is 0 Å². The largest absolute Gasteiger partial charge is 0.332 e. The molecular weight excluding hydrogens is 443 g/mol. The Morgan fingerprint density at radius 2 is 2.24 bits per heavy atom. The second-order valence-electron chi connectivity index (χ2n) is 5.07. The molecule has 1 saturated heterocycles. The number of pyridine rings is 1. The zero-order valence-corrected chi connectivity index (χ0v) is 15.0. The summed E-state index contributed by atoms with van der Waals surface area (Å²) in [5, 5.41) is 0. The third-order valence-electron chi connectivity index (χ3n) is 3.74. The molecule has 3 nitrogen and oxygen atoms in total. The SMILES string of the molecule is O=C(c1cc(I)ccc1Br)N1CCCC1c1cccnc1. The summed E-state index contributed by atoms with van der Waals surface area (Å²) in [5.74, 6) is 0.0896. The van der Waals surface area contributed by atoms with Gasteiger partial charge in [-0.1, -0.05) is 6.07 Å². The summed E-state index contributed by atoms with van der Waals surface area (Å²) in [7, 11) is 0. The number of carbonyl (C=O) groups excluding carboxylic acids is 1. The van der Waals surface area contributed by atoms with Crippen LogP contribution < -0.4 is 0 Å². The van der Waals surface area contributed by atoms with Crippen LogP contribution in [0.5, 0.6) is 0 Å². The number of hydrogen-bond donors (Lipinski definition) is 0. The fourth-order valence-electron chi connectivity index (χ4n) is 2.75. The molecule has 1 aliphatic heterocycles. The summed E-state index contributed by atoms with van der Waals surface area (Å²) in [4.78, 5) is 19.0. The lowest BCUT2D eigenvalue weighted by Gasteiger charge is -2.25. The summed E-state index contributed by atoms with van der Waals surface area (Å²) in [5.41, 5.74) is 1.85. The molecule has 0 spiro atoms. The topological polar surface area (TPSA) is 33.2 Å². The first kappa shape index (κ1) is 15.0. The Bertz CT molecular complexity index is 663. The Morgan fingerprint density at radius 3 is 3.00 bits per heavy atom. The molecule has 0 radical (unpaired) electrons. The highest BCUT2D eigenvalue weighted by atomic mass is 127. The van der Waals surface area contributed by atoms with Gasteiger partial charge in [0.15, 0.2) is 0 Å². The van der Waals surface area contributed by atoms with Crippen molar-refractivity contribution in [2.75, 3.05) is 6.54 Å². The lowest BCUT2D eigenvalue weighted by Crippen LogP contribution is -2.30. The van der Waals surface area contributed by atoms with Crippen molar-refractivity contribution in [3.8, 4) is 0 Å². The van der Waals surface area contributed by atoms with Crippen LogP contribution in [0.25, 0.3) is 0 Å². The van der Waals surface area contributed by atoms with E-state index in [0.29, 0.717) is 0 Å². The number of nitrogens with zero attached hydrogens (tertiary/aromatic N) is 2. The molecule has 1 aromatic carbocycles. The molecule has 0 aliphatic carbocycles. The summed E-state index contributed by atoms with van der Waals surface area (Å²) >= 11 is 5.73. The first-order valence-corrected chi connectivity index (χ1v) is 8.70. The van der Waals surface area contributed by atoms with Crippen LogP contribution in [0.3, 0.4) is 0 Å². The maximum Gasteiger partial charge on any atom is 0.255 e. The summed E-state index contributed by atoms with van der Waals surface area (Å²) in [6, 6.07) is 9.97. The van der Waals surface area contributed by atoms with E-state index >= 15 is 0 Å². The van der Waals surface area contributed by atoms with Crippen LogP contribution in [-0.4, -0.2) is 22.3 Å². The molecule has 0 N–H and O–H groups in total. The van der Waals surface area contributed by atoms with E-state index in [4.69, 9.17) is 0 Å². The lowest BCUT2D eigenvalue weighted by atomic mass is 10.1. The molecule has 0 bridgehead atoms. The number of halogens is 2. The second-order valence-corrected chi connectivity index (χ2v) is 7.17. The average molecular weight is 457 g/mol. The Balaban J connectivity index is 1.92. The van der Waals surface area contributed by atoms with Crippen molar-refractivity contribution < 1.29 is 4.79 Å². The molecule has 1 aliphatic rings. The smallest absolute Gasteiger partial charge is 0.255 e. The highest BCUT2D eigenvalue weighted by Gasteiger charge is 2.31. The first-order chi connectivity index (χ1) is 10.2. The molecular formula is C16H14BrIN2O. The van der Waals surface area contributed by atoms with E-state index in [1.54, 1.807) is 6.20 Å². The number of amides is 1. The van der Waals surface area contributed by atoms with Crippen molar-refractivity contribution in [1.29, 1.82) is 0 Å². The Labute approximate surface area is 146 Å². The lowest BCUT2D eigenvalue weighted by molar-refractivity contribution is 0.0734. The standard InChI is InChI=1S/C16H14BrIN2O/c17-14-6-5-12(18)9-13(14)16(21)20-8-2-4-15(20)11-3-1-7-19-10-11/h1,3,5-7,9-10,15H,2,4,8H2. The third kappa shape index (κ3) is 3.13. The minimum atomic E-state index is 0.0896. The van der Waals surface area contributed by atoms with E-state index in [-0.39, 0.29) is 11.9 Å². The molecule has 2 aromatic rings. The van der Waals surface area contributed by atoms with Crippen molar-refractivity contribution in [3.63, 3.8) is 0 Å². The van der Waals surface area contributed by atoms with Crippen LogP contribution >= 0.6 is 38.5 Å². The summed E-state index contributed by atoms with van der Waals surface area (Å²) in [6.45, 7) is 0.802. The number of likely N-dealkylation sites (tertiary alicyclic amines) is 1. The van der Waals surface area contributed by atoms with Gasteiger partial charge < -0.3 is 4.90 Å². The minimum Gasteiger partial charge on any atom is -0.332 e. The zero-order valence-electron chi connectivity index (χ0n) is 11.3. The predicted molar refractivity (Wildman–Crippen MR) is 94.1 cm³/mol. The van der Waals surface area contributed by atoms with Crippen LogP contribution in [0.15, 0.2) is 47.2 Å². The van der Waals surface area contributed by atoms with E-state index in [2.05, 4.69) is 43.5 Å². The van der Waals surface area contributed by atoms with E-state index < -0.39 is 0 Å². The summed E-state index contributed by atoms with van der Waals surface area (Å²) in [6.07, 6.45) is 5.66. The van der Waals surface area contributed by atoms with Gasteiger partial charge in [0.1, 0.15) is 0 Å².